The summed E-state index contributed by atoms with van der Waals surface area (Å²) in [5.41, 5.74) is -2.54. The second kappa shape index (κ2) is 21.6. The van der Waals surface area contributed by atoms with E-state index < -0.39 is 23.0 Å². The van der Waals surface area contributed by atoms with E-state index in [1.165, 1.54) is 129 Å². The molecule has 0 bridgehead atoms. The van der Waals surface area contributed by atoms with E-state index in [2.05, 4.69) is 17.2 Å². The largest absolute Gasteiger partial charge is 0.479 e. The number of carboxylic acids is 1. The Kier molecular flexibility index (Phi) is 20.7. The maximum absolute atomic E-state index is 12.2. The van der Waals surface area contributed by atoms with Gasteiger partial charge >= 0.3 is 11.9 Å². The number of esters is 1. The van der Waals surface area contributed by atoms with Gasteiger partial charge in [-0.1, -0.05) is 129 Å². The average Bonchev–Trinajstić information content (AvgIpc) is 2.83. The molecule has 0 saturated carbocycles. The SMILES string of the molecule is CCCCCCCCCCCCCCCCCCCCCCOC(=O)C(C)(C)N=NC(C)(C)C(=O)O. The lowest BCUT2D eigenvalue weighted by atomic mass is 10.0. The average molecular weight is 511 g/mol. The lowest BCUT2D eigenvalue weighted by Gasteiger charge is -2.19. The van der Waals surface area contributed by atoms with Gasteiger partial charge < -0.3 is 9.84 Å². The van der Waals surface area contributed by atoms with Crippen LogP contribution in [-0.2, 0) is 14.3 Å². The number of ether oxygens (including phenoxy) is 1. The first kappa shape index (κ1) is 34.5. The number of rotatable bonds is 25. The van der Waals surface area contributed by atoms with Crippen LogP contribution in [0.15, 0.2) is 10.2 Å². The minimum atomic E-state index is -1.36. The quantitative estimate of drug-likeness (QED) is 0.0752. The fourth-order valence-corrected chi connectivity index (χ4v) is 4.03. The second-order valence-electron chi connectivity index (χ2n) is 11.5. The molecular weight excluding hydrogens is 452 g/mol. The van der Waals surface area contributed by atoms with Crippen molar-refractivity contribution in [2.75, 3.05) is 6.61 Å². The zero-order valence-corrected chi connectivity index (χ0v) is 24.4. The lowest BCUT2D eigenvalue weighted by Crippen LogP contribution is -2.34. The van der Waals surface area contributed by atoms with Gasteiger partial charge in [-0.15, -0.1) is 0 Å². The number of carboxylic acid groups (broad SMARTS) is 1. The van der Waals surface area contributed by atoms with Crippen molar-refractivity contribution in [3.8, 4) is 0 Å². The van der Waals surface area contributed by atoms with Crippen molar-refractivity contribution in [1.29, 1.82) is 0 Å². The van der Waals surface area contributed by atoms with Crippen LogP contribution in [0, 0.1) is 0 Å². The van der Waals surface area contributed by atoms with Crippen LogP contribution in [0.25, 0.3) is 0 Å². The minimum absolute atomic E-state index is 0.374. The summed E-state index contributed by atoms with van der Waals surface area (Å²) in [5.74, 6) is -1.55. The van der Waals surface area contributed by atoms with Gasteiger partial charge in [0.2, 0.25) is 0 Å². The summed E-state index contributed by atoms with van der Waals surface area (Å²) >= 11 is 0. The zero-order valence-electron chi connectivity index (χ0n) is 24.4. The minimum Gasteiger partial charge on any atom is -0.479 e. The van der Waals surface area contributed by atoms with Gasteiger partial charge in [0.05, 0.1) is 6.61 Å². The highest BCUT2D eigenvalue weighted by atomic mass is 16.5. The van der Waals surface area contributed by atoms with Crippen LogP contribution in [0.4, 0.5) is 0 Å². The Labute approximate surface area is 222 Å². The van der Waals surface area contributed by atoms with E-state index in [4.69, 9.17) is 9.84 Å². The molecule has 0 aromatic heterocycles. The van der Waals surface area contributed by atoms with Gasteiger partial charge in [0.1, 0.15) is 0 Å². The zero-order chi connectivity index (χ0) is 27.1. The lowest BCUT2D eigenvalue weighted by molar-refractivity contribution is -0.149. The van der Waals surface area contributed by atoms with E-state index in [-0.39, 0.29) is 0 Å². The van der Waals surface area contributed by atoms with Crippen molar-refractivity contribution in [2.45, 2.75) is 174 Å². The number of azo groups is 1. The molecule has 0 rings (SSSR count). The molecule has 0 heterocycles. The van der Waals surface area contributed by atoms with Gasteiger partial charge in [0.25, 0.3) is 0 Å². The summed E-state index contributed by atoms with van der Waals surface area (Å²) in [7, 11) is 0. The van der Waals surface area contributed by atoms with E-state index in [0.717, 1.165) is 12.8 Å². The molecule has 6 nitrogen and oxygen atoms in total. The van der Waals surface area contributed by atoms with Gasteiger partial charge in [0, 0.05) is 0 Å². The van der Waals surface area contributed by atoms with Crippen molar-refractivity contribution in [3.05, 3.63) is 0 Å². The molecule has 0 aromatic carbocycles. The fourth-order valence-electron chi connectivity index (χ4n) is 4.03. The smallest absolute Gasteiger partial charge is 0.335 e. The van der Waals surface area contributed by atoms with Crippen LogP contribution in [0.5, 0.6) is 0 Å². The van der Waals surface area contributed by atoms with Crippen LogP contribution >= 0.6 is 0 Å². The van der Waals surface area contributed by atoms with Crippen LogP contribution in [0.2, 0.25) is 0 Å². The fraction of sp³-hybridized carbons (Fsp3) is 0.933. The number of hydrogen-bond acceptors (Lipinski definition) is 5. The predicted molar refractivity (Wildman–Crippen MR) is 150 cm³/mol. The molecule has 0 aliphatic rings. The highest BCUT2D eigenvalue weighted by molar-refractivity contribution is 5.80. The Morgan fingerprint density at radius 3 is 1.19 bits per heavy atom. The number of nitrogens with zero attached hydrogens (tertiary/aromatic N) is 2. The monoisotopic (exact) mass is 510 g/mol. The molecule has 6 heteroatoms. The van der Waals surface area contributed by atoms with Crippen LogP contribution in [-0.4, -0.2) is 34.7 Å². The summed E-state index contributed by atoms with van der Waals surface area (Å²) < 4.78 is 5.33. The molecule has 212 valence electrons. The molecule has 0 unspecified atom stereocenters. The highest BCUT2D eigenvalue weighted by Gasteiger charge is 2.33. The first-order valence-corrected chi connectivity index (χ1v) is 15.0. The molecule has 0 aromatic rings. The van der Waals surface area contributed by atoms with Crippen molar-refractivity contribution >= 4 is 11.9 Å². The summed E-state index contributed by atoms with van der Waals surface area (Å²) in [6, 6.07) is 0. The molecule has 0 fully saturated rings. The topological polar surface area (TPSA) is 88.3 Å². The maximum atomic E-state index is 12.2. The molecule has 1 N–H and O–H groups in total. The standard InChI is InChI=1S/C30H58N2O4/c1-6-7-8-9-10-11-12-13-14-15-16-17-18-19-20-21-22-23-24-25-26-36-28(35)30(4,5)32-31-29(2,3)27(33)34/h6-26H2,1-5H3,(H,33,34). The van der Waals surface area contributed by atoms with E-state index in [0.29, 0.717) is 6.61 Å². The Morgan fingerprint density at radius 1 is 0.556 bits per heavy atom. The van der Waals surface area contributed by atoms with Crippen molar-refractivity contribution in [2.24, 2.45) is 10.2 Å². The van der Waals surface area contributed by atoms with E-state index in [1.807, 2.05) is 0 Å². The number of aliphatic carboxylic acids is 1. The summed E-state index contributed by atoms with van der Waals surface area (Å²) in [6.07, 6.45) is 26.7. The molecule has 0 aliphatic carbocycles. The summed E-state index contributed by atoms with van der Waals surface area (Å²) in [5, 5.41) is 16.8. The number of unbranched alkanes of at least 4 members (excludes halogenated alkanes) is 19. The van der Waals surface area contributed by atoms with Crippen LogP contribution in [0.1, 0.15) is 163 Å². The molecule has 0 aliphatic heterocycles. The normalized spacial score (nSPS) is 12.4. The Bertz CT molecular complexity index is 587. The molecular formula is C30H58N2O4. The summed E-state index contributed by atoms with van der Waals surface area (Å²) in [4.78, 5) is 23.3. The van der Waals surface area contributed by atoms with E-state index in [1.54, 1.807) is 13.8 Å². The third kappa shape index (κ3) is 19.7. The third-order valence-electron chi connectivity index (χ3n) is 6.80. The first-order valence-electron chi connectivity index (χ1n) is 15.0. The van der Waals surface area contributed by atoms with Gasteiger partial charge in [-0.3, -0.25) is 0 Å². The molecule has 36 heavy (non-hydrogen) atoms. The second-order valence-corrected chi connectivity index (χ2v) is 11.5. The van der Waals surface area contributed by atoms with Gasteiger partial charge in [-0.05, 0) is 34.1 Å². The number of carbonyl (C=O) groups is 2. The third-order valence-corrected chi connectivity index (χ3v) is 6.80. The highest BCUT2D eigenvalue weighted by Crippen LogP contribution is 2.18. The maximum Gasteiger partial charge on any atom is 0.335 e. The van der Waals surface area contributed by atoms with Gasteiger partial charge in [0.15, 0.2) is 11.1 Å². The van der Waals surface area contributed by atoms with Gasteiger partial charge in [-0.2, -0.15) is 10.2 Å². The molecule has 0 spiro atoms. The molecule has 0 atom stereocenters. The van der Waals surface area contributed by atoms with Crippen LogP contribution in [0.3, 0.4) is 0 Å². The number of carbonyl (C=O) groups excluding carboxylic acids is 1. The van der Waals surface area contributed by atoms with Crippen LogP contribution < -0.4 is 0 Å². The molecule has 0 saturated heterocycles. The molecule has 0 amide bonds. The molecule has 0 radical (unpaired) electrons. The summed E-state index contributed by atoms with van der Waals surface area (Å²) in [6.45, 7) is 8.72. The Hall–Kier alpha value is -1.46. The predicted octanol–water partition coefficient (Wildman–Crippen LogP) is 9.45. The van der Waals surface area contributed by atoms with E-state index in [9.17, 15) is 9.59 Å². The van der Waals surface area contributed by atoms with E-state index >= 15 is 0 Å². The Morgan fingerprint density at radius 2 is 0.861 bits per heavy atom. The Balaban J connectivity index is 3.48. The number of hydrogen-bond donors (Lipinski definition) is 1. The van der Waals surface area contributed by atoms with Crippen molar-refractivity contribution in [3.63, 3.8) is 0 Å². The van der Waals surface area contributed by atoms with Gasteiger partial charge in [-0.25, -0.2) is 9.59 Å². The van der Waals surface area contributed by atoms with Crippen molar-refractivity contribution in [1.82, 2.24) is 0 Å². The van der Waals surface area contributed by atoms with Crippen molar-refractivity contribution < 1.29 is 19.4 Å². The first-order chi connectivity index (χ1) is 17.1.